The number of hydrogen-bond donors (Lipinski definition) is 1. The molecule has 0 aliphatic heterocycles. The zero-order valence-electron chi connectivity index (χ0n) is 21.1. The predicted octanol–water partition coefficient (Wildman–Crippen LogP) is 5.66. The maximum atomic E-state index is 14.0. The van der Waals surface area contributed by atoms with Crippen LogP contribution in [-0.2, 0) is 17.9 Å². The van der Waals surface area contributed by atoms with Crippen LogP contribution in [0.3, 0.4) is 0 Å². The summed E-state index contributed by atoms with van der Waals surface area (Å²) in [6, 6.07) is 20.9. The van der Waals surface area contributed by atoms with Crippen LogP contribution in [0.15, 0.2) is 89.0 Å². The molecule has 0 radical (unpaired) electrons. The monoisotopic (exact) mass is 576 g/mol. The van der Waals surface area contributed by atoms with Gasteiger partial charge in [-0.2, -0.15) is 5.10 Å². The van der Waals surface area contributed by atoms with Crippen LogP contribution < -0.4 is 20.5 Å². The van der Waals surface area contributed by atoms with Gasteiger partial charge >= 0.3 is 0 Å². The molecule has 1 N–H and O–H groups in total. The van der Waals surface area contributed by atoms with Crippen LogP contribution in [0.1, 0.15) is 11.1 Å². The number of carbonyl (C=O) groups excluding carboxylic acids is 1. The fourth-order valence-corrected chi connectivity index (χ4v) is 5.10. The summed E-state index contributed by atoms with van der Waals surface area (Å²) in [5.74, 6) is -0.184. The molecule has 0 saturated carbocycles. The molecule has 0 unspecified atom stereocenters. The average Bonchev–Trinajstić information content (AvgIpc) is 3.41. The van der Waals surface area contributed by atoms with Gasteiger partial charge in [0, 0.05) is 10.4 Å². The van der Waals surface area contributed by atoms with E-state index in [1.54, 1.807) is 30.3 Å². The molecule has 8 nitrogen and oxygen atoms in total. The lowest BCUT2D eigenvalue weighted by molar-refractivity contribution is -0.121. The zero-order valence-corrected chi connectivity index (χ0v) is 22.7. The van der Waals surface area contributed by atoms with Crippen LogP contribution >= 0.6 is 22.9 Å². The number of nitrogens with zero attached hydrogens (tertiary/aromatic N) is 3. The third-order valence-corrected chi connectivity index (χ3v) is 7.36. The molecule has 5 aromatic rings. The van der Waals surface area contributed by atoms with Gasteiger partial charge in [-0.25, -0.2) is 14.8 Å². The summed E-state index contributed by atoms with van der Waals surface area (Å²) in [4.78, 5) is 31.3. The summed E-state index contributed by atoms with van der Waals surface area (Å²) in [7, 11) is 1.47. The van der Waals surface area contributed by atoms with Crippen LogP contribution in [0.5, 0.6) is 11.5 Å². The summed E-state index contributed by atoms with van der Waals surface area (Å²) in [6.07, 6.45) is 2.78. The molecule has 0 fully saturated rings. The fourth-order valence-electron chi connectivity index (χ4n) is 3.89. The molecule has 0 atom stereocenters. The number of aromatic nitrogens is 2. The lowest BCUT2D eigenvalue weighted by Gasteiger charge is -2.12. The number of thiophene rings is 1. The Morgan fingerprint density at radius 2 is 1.95 bits per heavy atom. The maximum Gasteiger partial charge on any atom is 0.262 e. The second-order valence-electron chi connectivity index (χ2n) is 8.57. The van der Waals surface area contributed by atoms with Crippen molar-refractivity contribution in [1.82, 2.24) is 15.0 Å². The van der Waals surface area contributed by atoms with Gasteiger partial charge in [-0.3, -0.25) is 14.2 Å². The average molecular weight is 577 g/mol. The highest BCUT2D eigenvalue weighted by atomic mass is 35.5. The van der Waals surface area contributed by atoms with Crippen LogP contribution in [0.2, 0.25) is 5.02 Å². The lowest BCUT2D eigenvalue weighted by Crippen LogP contribution is -2.29. The quantitative estimate of drug-likeness (QED) is 0.181. The number of halogens is 2. The first kappa shape index (κ1) is 27.0. The molecule has 5 rings (SSSR count). The van der Waals surface area contributed by atoms with E-state index in [4.69, 9.17) is 21.1 Å². The van der Waals surface area contributed by atoms with E-state index >= 15 is 0 Å². The van der Waals surface area contributed by atoms with E-state index in [9.17, 15) is 14.0 Å². The van der Waals surface area contributed by atoms with Crippen LogP contribution in [-0.4, -0.2) is 28.8 Å². The Morgan fingerprint density at radius 1 is 1.12 bits per heavy atom. The molecule has 0 spiro atoms. The number of ether oxygens (including phenoxy) is 2. The number of hydrogen-bond acceptors (Lipinski definition) is 7. The first-order valence-electron chi connectivity index (χ1n) is 12.0. The number of carbonyl (C=O) groups is 1. The zero-order chi connectivity index (χ0) is 28.1. The molecule has 2 heterocycles. The van der Waals surface area contributed by atoms with Gasteiger partial charge in [0.25, 0.3) is 11.5 Å². The molecule has 0 aliphatic rings. The summed E-state index contributed by atoms with van der Waals surface area (Å²) >= 11 is 7.48. The van der Waals surface area contributed by atoms with Gasteiger partial charge in [0.05, 0.1) is 30.1 Å². The highest BCUT2D eigenvalue weighted by Gasteiger charge is 2.13. The highest BCUT2D eigenvalue weighted by molar-refractivity contribution is 7.21. The maximum absolute atomic E-state index is 14.0. The molecule has 40 heavy (non-hydrogen) atoms. The van der Waals surface area contributed by atoms with Crippen molar-refractivity contribution in [2.24, 2.45) is 5.10 Å². The number of benzene rings is 3. The second kappa shape index (κ2) is 12.1. The number of nitrogens with one attached hydrogen (secondary N) is 1. The largest absolute Gasteiger partial charge is 0.493 e. The van der Waals surface area contributed by atoms with Crippen molar-refractivity contribution in [2.75, 3.05) is 7.11 Å². The number of fused-ring (bicyclic) bond motifs is 1. The van der Waals surface area contributed by atoms with E-state index in [0.717, 1.165) is 10.4 Å². The Bertz CT molecular complexity index is 1750. The topological polar surface area (TPSA) is 94.8 Å². The minimum atomic E-state index is -0.494. The molecular formula is C29H22ClFN4O4S. The summed E-state index contributed by atoms with van der Waals surface area (Å²) in [5, 5.41) is 4.69. The van der Waals surface area contributed by atoms with Gasteiger partial charge in [0.1, 0.15) is 23.8 Å². The van der Waals surface area contributed by atoms with Crippen molar-refractivity contribution in [3.8, 4) is 21.9 Å². The van der Waals surface area contributed by atoms with Crippen molar-refractivity contribution >= 4 is 45.3 Å². The van der Waals surface area contributed by atoms with Gasteiger partial charge in [-0.15, -0.1) is 11.3 Å². The fraction of sp³-hybridized carbons (Fsp3) is 0.103. The third kappa shape index (κ3) is 6.03. The minimum Gasteiger partial charge on any atom is -0.493 e. The number of methoxy groups -OCH3 is 1. The SMILES string of the molecule is COc1cc(C=NNC(=O)Cn2cnc3sc(-c4ccccc4)cc3c2=O)ccc1OCc1c(F)cccc1Cl. The van der Waals surface area contributed by atoms with Crippen molar-refractivity contribution in [2.45, 2.75) is 13.2 Å². The van der Waals surface area contributed by atoms with Gasteiger partial charge in [-0.1, -0.05) is 48.0 Å². The highest BCUT2D eigenvalue weighted by Crippen LogP contribution is 2.31. The second-order valence-corrected chi connectivity index (χ2v) is 10.0. The van der Waals surface area contributed by atoms with Crippen LogP contribution in [0, 0.1) is 5.82 Å². The lowest BCUT2D eigenvalue weighted by atomic mass is 10.2. The van der Waals surface area contributed by atoms with Gasteiger partial charge in [-0.05, 0) is 47.5 Å². The van der Waals surface area contributed by atoms with E-state index in [1.807, 2.05) is 30.3 Å². The molecular weight excluding hydrogens is 555 g/mol. The van der Waals surface area contributed by atoms with E-state index in [0.29, 0.717) is 27.3 Å². The molecule has 2 aromatic heterocycles. The predicted molar refractivity (Wildman–Crippen MR) is 154 cm³/mol. The Balaban J connectivity index is 1.22. The summed E-state index contributed by atoms with van der Waals surface area (Å²) in [5.41, 5.74) is 3.95. The van der Waals surface area contributed by atoms with Crippen molar-refractivity contribution in [3.63, 3.8) is 0 Å². The molecule has 0 bridgehead atoms. The smallest absolute Gasteiger partial charge is 0.262 e. The molecule has 11 heteroatoms. The first-order chi connectivity index (χ1) is 19.4. The Kier molecular flexibility index (Phi) is 8.18. The van der Waals surface area contributed by atoms with E-state index < -0.39 is 11.7 Å². The van der Waals surface area contributed by atoms with Crippen LogP contribution in [0.25, 0.3) is 20.7 Å². The number of hydrazone groups is 1. The van der Waals surface area contributed by atoms with Gasteiger partial charge in [0.2, 0.25) is 0 Å². The summed E-state index contributed by atoms with van der Waals surface area (Å²) < 4.78 is 26.4. The number of amides is 1. The van der Waals surface area contributed by atoms with Gasteiger partial charge < -0.3 is 9.47 Å². The summed E-state index contributed by atoms with van der Waals surface area (Å²) in [6.45, 7) is -0.325. The van der Waals surface area contributed by atoms with E-state index in [1.165, 1.54) is 47.7 Å². The van der Waals surface area contributed by atoms with Crippen molar-refractivity contribution in [3.05, 3.63) is 111 Å². The molecule has 0 saturated heterocycles. The van der Waals surface area contributed by atoms with Crippen molar-refractivity contribution < 1.29 is 18.7 Å². The standard InChI is InChI=1S/C29H22ClFN4O4S/c1-38-25-12-18(10-11-24(25)39-16-21-22(30)8-5-9-23(21)31)14-33-34-27(36)15-35-17-32-28-20(29(35)37)13-26(40-28)19-6-3-2-4-7-19/h2-14,17H,15-16H2,1H3,(H,34,36). The van der Waals surface area contributed by atoms with E-state index in [-0.39, 0.29) is 29.3 Å². The molecule has 1 amide bonds. The van der Waals surface area contributed by atoms with Crippen LogP contribution in [0.4, 0.5) is 4.39 Å². The molecule has 0 aliphatic carbocycles. The molecule has 3 aromatic carbocycles. The third-order valence-electron chi connectivity index (χ3n) is 5.91. The first-order valence-corrected chi connectivity index (χ1v) is 13.2. The Hall–Kier alpha value is -4.54. The van der Waals surface area contributed by atoms with E-state index in [2.05, 4.69) is 15.5 Å². The normalized spacial score (nSPS) is 11.2. The minimum absolute atomic E-state index is 0.0790. The molecule has 202 valence electrons. The Labute approximate surface area is 237 Å². The van der Waals surface area contributed by atoms with Gasteiger partial charge in [0.15, 0.2) is 11.5 Å². The number of rotatable bonds is 9. The van der Waals surface area contributed by atoms with Crippen molar-refractivity contribution in [1.29, 1.82) is 0 Å². The Morgan fingerprint density at radius 3 is 2.73 bits per heavy atom.